The molecule has 0 aliphatic heterocycles. The maximum absolute atomic E-state index is 8.93. The van der Waals surface area contributed by atoms with Gasteiger partial charge in [0.25, 0.3) is 0 Å². The highest BCUT2D eigenvalue weighted by Gasteiger charge is 2.11. The molecule has 1 aromatic heterocycles. The van der Waals surface area contributed by atoms with Crippen molar-refractivity contribution in [3.8, 4) is 6.07 Å². The van der Waals surface area contributed by atoms with Crippen LogP contribution in [0.25, 0.3) is 10.9 Å². The highest BCUT2D eigenvalue weighted by atomic mass is 35.5. The zero-order chi connectivity index (χ0) is 12.4. The Labute approximate surface area is 110 Å². The van der Waals surface area contributed by atoms with E-state index in [1.165, 1.54) is 0 Å². The highest BCUT2D eigenvalue weighted by molar-refractivity contribution is 7.98. The minimum Gasteiger partial charge on any atom is -0.344 e. The van der Waals surface area contributed by atoms with E-state index in [4.69, 9.17) is 16.9 Å². The third-order valence-corrected chi connectivity index (χ3v) is 4.06. The first-order valence-electron chi connectivity index (χ1n) is 5.37. The number of thioether (sulfide) groups is 1. The van der Waals surface area contributed by atoms with Gasteiger partial charge < -0.3 is 4.57 Å². The van der Waals surface area contributed by atoms with Crippen LogP contribution < -0.4 is 0 Å². The van der Waals surface area contributed by atoms with Crippen LogP contribution in [0.4, 0.5) is 0 Å². The number of rotatable bonds is 3. The lowest BCUT2D eigenvalue weighted by atomic mass is 10.1. The lowest BCUT2D eigenvalue weighted by Crippen LogP contribution is -2.05. The van der Waals surface area contributed by atoms with Gasteiger partial charge in [0.2, 0.25) is 0 Å². The van der Waals surface area contributed by atoms with Crippen LogP contribution in [-0.4, -0.2) is 16.6 Å². The molecular weight excluding hydrogens is 252 g/mol. The Morgan fingerprint density at radius 1 is 1.47 bits per heavy atom. The maximum Gasteiger partial charge on any atom is 0.101 e. The molecule has 0 saturated carbocycles. The number of benzene rings is 1. The van der Waals surface area contributed by atoms with Crippen LogP contribution >= 0.6 is 23.4 Å². The van der Waals surface area contributed by atoms with E-state index in [1.807, 2.05) is 30.1 Å². The molecule has 88 valence electrons. The van der Waals surface area contributed by atoms with E-state index in [0.717, 1.165) is 16.7 Å². The summed E-state index contributed by atoms with van der Waals surface area (Å²) in [7, 11) is 0. The Kier molecular flexibility index (Phi) is 3.66. The van der Waals surface area contributed by atoms with E-state index < -0.39 is 0 Å². The van der Waals surface area contributed by atoms with Crippen LogP contribution in [0, 0.1) is 11.3 Å². The summed E-state index contributed by atoms with van der Waals surface area (Å²) in [5.41, 5.74) is 1.63. The second kappa shape index (κ2) is 5.03. The minimum absolute atomic E-state index is 0.423. The minimum atomic E-state index is 0.423. The average Bonchev–Trinajstić information content (AvgIpc) is 2.74. The fourth-order valence-electron chi connectivity index (χ4n) is 1.99. The number of aromatic nitrogens is 1. The molecule has 2 aromatic rings. The number of fused-ring (bicyclic) bond motifs is 1. The molecule has 0 spiro atoms. The first-order valence-corrected chi connectivity index (χ1v) is 7.14. The predicted octanol–water partition coefficient (Wildman–Crippen LogP) is 4.09. The van der Waals surface area contributed by atoms with E-state index in [0.29, 0.717) is 16.6 Å². The fraction of sp³-hybridized carbons (Fsp3) is 0.308. The molecule has 0 N–H and O–H groups in total. The number of nitriles is 1. The Morgan fingerprint density at radius 3 is 2.88 bits per heavy atom. The van der Waals surface area contributed by atoms with Gasteiger partial charge in [-0.3, -0.25) is 0 Å². The third kappa shape index (κ3) is 2.15. The molecule has 0 unspecified atom stereocenters. The molecule has 0 bridgehead atoms. The van der Waals surface area contributed by atoms with Gasteiger partial charge >= 0.3 is 0 Å². The second-order valence-electron chi connectivity index (χ2n) is 4.00. The van der Waals surface area contributed by atoms with Crippen LogP contribution in [0.5, 0.6) is 0 Å². The first kappa shape index (κ1) is 12.3. The van der Waals surface area contributed by atoms with Gasteiger partial charge in [-0.05, 0) is 31.4 Å². The van der Waals surface area contributed by atoms with Crippen LogP contribution in [0.2, 0.25) is 5.02 Å². The zero-order valence-corrected chi connectivity index (χ0v) is 11.3. The maximum atomic E-state index is 8.93. The molecule has 1 aromatic carbocycles. The number of hydrogen-bond acceptors (Lipinski definition) is 2. The van der Waals surface area contributed by atoms with Crippen LogP contribution in [0.15, 0.2) is 24.4 Å². The Morgan fingerprint density at radius 2 is 2.24 bits per heavy atom. The van der Waals surface area contributed by atoms with Crippen molar-refractivity contribution >= 4 is 34.3 Å². The SMILES string of the molecule is CSC[C@@H](C)n1ccc2c(Cl)c(C#N)ccc21. The Bertz CT molecular complexity index is 583. The van der Waals surface area contributed by atoms with Gasteiger partial charge in [-0.2, -0.15) is 17.0 Å². The van der Waals surface area contributed by atoms with Crippen molar-refractivity contribution in [1.82, 2.24) is 4.57 Å². The van der Waals surface area contributed by atoms with Gasteiger partial charge in [0.1, 0.15) is 6.07 Å². The number of nitrogens with zero attached hydrogens (tertiary/aromatic N) is 2. The van der Waals surface area contributed by atoms with Gasteiger partial charge in [0, 0.05) is 28.9 Å². The molecule has 4 heteroatoms. The zero-order valence-electron chi connectivity index (χ0n) is 9.77. The second-order valence-corrected chi connectivity index (χ2v) is 5.29. The molecule has 1 atom stereocenters. The van der Waals surface area contributed by atoms with E-state index in [-0.39, 0.29) is 0 Å². The third-order valence-electron chi connectivity index (χ3n) is 2.84. The summed E-state index contributed by atoms with van der Waals surface area (Å²) in [6.07, 6.45) is 4.14. The van der Waals surface area contributed by atoms with Crippen molar-refractivity contribution in [2.75, 3.05) is 12.0 Å². The highest BCUT2D eigenvalue weighted by Crippen LogP contribution is 2.30. The van der Waals surface area contributed by atoms with E-state index in [9.17, 15) is 0 Å². The van der Waals surface area contributed by atoms with Crippen LogP contribution in [-0.2, 0) is 0 Å². The summed E-state index contributed by atoms with van der Waals surface area (Å²) < 4.78 is 2.21. The Balaban J connectivity index is 2.56. The quantitative estimate of drug-likeness (QED) is 0.835. The summed E-state index contributed by atoms with van der Waals surface area (Å²) in [5.74, 6) is 1.06. The van der Waals surface area contributed by atoms with Gasteiger partial charge in [-0.15, -0.1) is 0 Å². The van der Waals surface area contributed by atoms with Crippen molar-refractivity contribution in [2.45, 2.75) is 13.0 Å². The molecule has 1 heterocycles. The molecule has 0 saturated heterocycles. The number of hydrogen-bond donors (Lipinski definition) is 0. The summed E-state index contributed by atoms with van der Waals surface area (Å²) >= 11 is 8.02. The molecule has 17 heavy (non-hydrogen) atoms. The first-order chi connectivity index (χ1) is 8.19. The smallest absolute Gasteiger partial charge is 0.101 e. The summed E-state index contributed by atoms with van der Waals surface area (Å²) in [5, 5.41) is 10.4. The molecule has 0 radical (unpaired) electrons. The largest absolute Gasteiger partial charge is 0.344 e. The van der Waals surface area contributed by atoms with Gasteiger partial charge in [0.15, 0.2) is 0 Å². The van der Waals surface area contributed by atoms with Gasteiger partial charge in [-0.1, -0.05) is 11.6 Å². The monoisotopic (exact) mass is 264 g/mol. The van der Waals surface area contributed by atoms with Gasteiger partial charge in [0.05, 0.1) is 10.6 Å². The molecule has 0 aliphatic rings. The van der Waals surface area contributed by atoms with E-state index in [2.05, 4.69) is 23.8 Å². The summed E-state index contributed by atoms with van der Waals surface area (Å²) in [6, 6.07) is 8.26. The summed E-state index contributed by atoms with van der Waals surface area (Å²) in [4.78, 5) is 0. The van der Waals surface area contributed by atoms with Crippen LogP contribution in [0.3, 0.4) is 0 Å². The fourth-order valence-corrected chi connectivity index (χ4v) is 2.90. The van der Waals surface area contributed by atoms with E-state index >= 15 is 0 Å². The predicted molar refractivity (Wildman–Crippen MR) is 74.8 cm³/mol. The van der Waals surface area contributed by atoms with Crippen molar-refractivity contribution < 1.29 is 0 Å². The van der Waals surface area contributed by atoms with Crippen molar-refractivity contribution in [2.24, 2.45) is 0 Å². The van der Waals surface area contributed by atoms with Crippen LogP contribution in [0.1, 0.15) is 18.5 Å². The molecule has 0 fully saturated rings. The normalized spacial score (nSPS) is 12.6. The summed E-state index contributed by atoms with van der Waals surface area (Å²) in [6.45, 7) is 2.18. The van der Waals surface area contributed by atoms with E-state index in [1.54, 1.807) is 6.07 Å². The lowest BCUT2D eigenvalue weighted by Gasteiger charge is -2.14. The topological polar surface area (TPSA) is 28.7 Å². The Hall–Kier alpha value is -1.11. The molecular formula is C13H13ClN2S. The molecule has 2 nitrogen and oxygen atoms in total. The number of halogens is 1. The van der Waals surface area contributed by atoms with Gasteiger partial charge in [-0.25, -0.2) is 0 Å². The average molecular weight is 265 g/mol. The molecule has 2 rings (SSSR count). The van der Waals surface area contributed by atoms with Crippen molar-refractivity contribution in [1.29, 1.82) is 5.26 Å². The standard InChI is InChI=1S/C13H13ClN2S/c1-9(8-17-2)16-6-5-11-12(16)4-3-10(7-15)13(11)14/h3-6,9H,8H2,1-2H3/t9-/m1/s1. The van der Waals surface area contributed by atoms with Crippen molar-refractivity contribution in [3.63, 3.8) is 0 Å². The van der Waals surface area contributed by atoms with Crippen molar-refractivity contribution in [3.05, 3.63) is 35.0 Å². The molecule has 0 aliphatic carbocycles. The molecule has 0 amide bonds. The lowest BCUT2D eigenvalue weighted by molar-refractivity contribution is 0.633.